The number of anilines is 1. The van der Waals surface area contributed by atoms with Crippen molar-refractivity contribution in [2.75, 3.05) is 25.1 Å². The summed E-state index contributed by atoms with van der Waals surface area (Å²) in [6, 6.07) is 12.2. The van der Waals surface area contributed by atoms with Crippen molar-refractivity contribution in [3.05, 3.63) is 52.3 Å². The molecule has 1 aromatic heterocycles. The Bertz CT molecular complexity index is 1050. The number of ether oxygens (including phenoxy) is 2. The van der Waals surface area contributed by atoms with E-state index in [0.29, 0.717) is 24.8 Å². The minimum Gasteiger partial charge on any atom is -0.486 e. The maximum absolute atomic E-state index is 12.2. The quantitative estimate of drug-likeness (QED) is 0.715. The highest BCUT2D eigenvalue weighted by Gasteiger charge is 2.24. The summed E-state index contributed by atoms with van der Waals surface area (Å²) in [7, 11) is 0. The van der Waals surface area contributed by atoms with Crippen molar-refractivity contribution in [2.45, 2.75) is 12.8 Å². The van der Waals surface area contributed by atoms with Gasteiger partial charge in [0.2, 0.25) is 0 Å². The van der Waals surface area contributed by atoms with Gasteiger partial charge < -0.3 is 19.8 Å². The van der Waals surface area contributed by atoms with Crippen molar-refractivity contribution in [1.29, 1.82) is 0 Å². The summed E-state index contributed by atoms with van der Waals surface area (Å²) in [5, 5.41) is 4.33. The lowest BCUT2D eigenvalue weighted by molar-refractivity contribution is 0.171. The number of rotatable bonds is 1. The van der Waals surface area contributed by atoms with Crippen LogP contribution in [0.1, 0.15) is 18.4 Å². The van der Waals surface area contributed by atoms with E-state index in [-0.39, 0.29) is 5.56 Å². The number of H-pyrrole nitrogens is 1. The van der Waals surface area contributed by atoms with Crippen molar-refractivity contribution in [2.24, 2.45) is 0 Å². The third-order valence-electron chi connectivity index (χ3n) is 5.01. The predicted molar refractivity (Wildman–Crippen MR) is 97.9 cm³/mol. The van der Waals surface area contributed by atoms with Crippen LogP contribution in [0.25, 0.3) is 22.0 Å². The SMILES string of the molecule is CC1CNc2c1c1cc(-c3ccc4c(c3)OCCO4)ccc1[nH]c2=O. The second kappa shape index (κ2) is 5.28. The fourth-order valence-corrected chi connectivity index (χ4v) is 3.76. The van der Waals surface area contributed by atoms with Crippen LogP contribution in [0.4, 0.5) is 5.69 Å². The minimum absolute atomic E-state index is 0.0427. The van der Waals surface area contributed by atoms with E-state index in [1.54, 1.807) is 0 Å². The van der Waals surface area contributed by atoms with Gasteiger partial charge in [-0.25, -0.2) is 0 Å². The van der Waals surface area contributed by atoms with Crippen LogP contribution in [0.2, 0.25) is 0 Å². The van der Waals surface area contributed by atoms with Gasteiger partial charge in [0.1, 0.15) is 18.9 Å². The minimum atomic E-state index is -0.0427. The molecule has 1 unspecified atom stereocenters. The maximum Gasteiger partial charge on any atom is 0.272 e. The summed E-state index contributed by atoms with van der Waals surface area (Å²) in [5.74, 6) is 1.89. The number of fused-ring (bicyclic) bond motifs is 4. The van der Waals surface area contributed by atoms with E-state index in [1.165, 1.54) is 0 Å². The largest absolute Gasteiger partial charge is 0.486 e. The molecule has 0 fully saturated rings. The van der Waals surface area contributed by atoms with Crippen molar-refractivity contribution < 1.29 is 9.47 Å². The van der Waals surface area contributed by atoms with Crippen LogP contribution in [-0.2, 0) is 0 Å². The molecule has 0 spiro atoms. The molecule has 126 valence electrons. The molecule has 5 nitrogen and oxygen atoms in total. The molecule has 2 aromatic carbocycles. The van der Waals surface area contributed by atoms with Gasteiger partial charge in [-0.05, 0) is 41.0 Å². The second-order valence-electron chi connectivity index (χ2n) is 6.64. The third-order valence-corrected chi connectivity index (χ3v) is 5.01. The summed E-state index contributed by atoms with van der Waals surface area (Å²) in [5.41, 5.74) is 4.82. The van der Waals surface area contributed by atoms with E-state index in [4.69, 9.17) is 9.47 Å². The fourth-order valence-electron chi connectivity index (χ4n) is 3.76. The number of benzene rings is 2. The van der Waals surface area contributed by atoms with Crippen molar-refractivity contribution in [3.63, 3.8) is 0 Å². The Labute approximate surface area is 144 Å². The molecule has 0 amide bonds. The molecule has 0 aliphatic carbocycles. The van der Waals surface area contributed by atoms with Crippen molar-refractivity contribution >= 4 is 16.6 Å². The molecule has 3 aromatic rings. The van der Waals surface area contributed by atoms with Crippen LogP contribution in [-0.4, -0.2) is 24.7 Å². The number of nitrogens with one attached hydrogen (secondary N) is 2. The van der Waals surface area contributed by atoms with Gasteiger partial charge in [0.25, 0.3) is 5.56 Å². The van der Waals surface area contributed by atoms with Gasteiger partial charge in [-0.3, -0.25) is 4.79 Å². The Balaban J connectivity index is 1.69. The summed E-state index contributed by atoms with van der Waals surface area (Å²) in [6.45, 7) is 4.11. The molecule has 1 atom stereocenters. The molecule has 0 saturated carbocycles. The molecular formula is C20H18N2O3. The Morgan fingerprint density at radius 1 is 1.00 bits per heavy atom. The molecule has 2 N–H and O–H groups in total. The molecular weight excluding hydrogens is 316 g/mol. The van der Waals surface area contributed by atoms with Gasteiger partial charge in [-0.2, -0.15) is 0 Å². The first kappa shape index (κ1) is 14.4. The van der Waals surface area contributed by atoms with Gasteiger partial charge in [0, 0.05) is 23.4 Å². The first-order chi connectivity index (χ1) is 12.2. The summed E-state index contributed by atoms with van der Waals surface area (Å²) < 4.78 is 11.3. The lowest BCUT2D eigenvalue weighted by Gasteiger charge is -2.19. The van der Waals surface area contributed by atoms with Crippen molar-refractivity contribution in [1.82, 2.24) is 4.98 Å². The summed E-state index contributed by atoms with van der Waals surface area (Å²) in [6.07, 6.45) is 0. The van der Waals surface area contributed by atoms with Crippen LogP contribution < -0.4 is 20.3 Å². The molecule has 0 saturated heterocycles. The zero-order chi connectivity index (χ0) is 17.0. The molecule has 2 aliphatic rings. The summed E-state index contributed by atoms with van der Waals surface area (Å²) in [4.78, 5) is 15.2. The topological polar surface area (TPSA) is 63.4 Å². The highest BCUT2D eigenvalue weighted by atomic mass is 16.6. The maximum atomic E-state index is 12.2. The Kier molecular flexibility index (Phi) is 3.04. The molecule has 25 heavy (non-hydrogen) atoms. The Morgan fingerprint density at radius 2 is 1.76 bits per heavy atom. The number of hydrogen-bond donors (Lipinski definition) is 2. The first-order valence-corrected chi connectivity index (χ1v) is 8.54. The molecule has 5 rings (SSSR count). The number of hydrogen-bond acceptors (Lipinski definition) is 4. The lowest BCUT2D eigenvalue weighted by atomic mass is 9.95. The average molecular weight is 334 g/mol. The van der Waals surface area contributed by atoms with E-state index < -0.39 is 0 Å². The standard InChI is InChI=1S/C20H18N2O3/c1-11-10-21-19-18(11)14-8-12(2-4-15(14)22-20(19)23)13-3-5-16-17(9-13)25-7-6-24-16/h2-5,8-9,11,21H,6-7,10H2,1H3,(H,22,23). The van der Waals surface area contributed by atoms with Gasteiger partial charge >= 0.3 is 0 Å². The van der Waals surface area contributed by atoms with E-state index in [2.05, 4.69) is 23.3 Å². The molecule has 2 aliphatic heterocycles. The molecule has 5 heteroatoms. The lowest BCUT2D eigenvalue weighted by Crippen LogP contribution is -2.15. The van der Waals surface area contributed by atoms with E-state index in [1.807, 2.05) is 30.3 Å². The van der Waals surface area contributed by atoms with Crippen LogP contribution in [0.15, 0.2) is 41.2 Å². The molecule has 0 bridgehead atoms. The van der Waals surface area contributed by atoms with Gasteiger partial charge in [-0.1, -0.05) is 19.1 Å². The smallest absolute Gasteiger partial charge is 0.272 e. The van der Waals surface area contributed by atoms with Crippen LogP contribution in [0.3, 0.4) is 0 Å². The Morgan fingerprint density at radius 3 is 2.64 bits per heavy atom. The van der Waals surface area contributed by atoms with Gasteiger partial charge in [-0.15, -0.1) is 0 Å². The highest BCUT2D eigenvalue weighted by molar-refractivity contribution is 5.92. The molecule has 3 heterocycles. The normalized spacial score (nSPS) is 18.0. The first-order valence-electron chi connectivity index (χ1n) is 8.54. The average Bonchev–Trinajstić information content (AvgIpc) is 3.04. The number of pyridine rings is 1. The second-order valence-corrected chi connectivity index (χ2v) is 6.64. The highest BCUT2D eigenvalue weighted by Crippen LogP contribution is 2.38. The Hall–Kier alpha value is -2.95. The monoisotopic (exact) mass is 334 g/mol. The number of aromatic amines is 1. The van der Waals surface area contributed by atoms with Crippen molar-refractivity contribution in [3.8, 4) is 22.6 Å². The predicted octanol–water partition coefficient (Wildman–Crippen LogP) is 3.50. The van der Waals surface area contributed by atoms with Gasteiger partial charge in [0.15, 0.2) is 11.5 Å². The van der Waals surface area contributed by atoms with Crippen LogP contribution in [0, 0.1) is 0 Å². The third kappa shape index (κ3) is 2.19. The van der Waals surface area contributed by atoms with Crippen LogP contribution in [0.5, 0.6) is 11.5 Å². The van der Waals surface area contributed by atoms with Gasteiger partial charge in [0.05, 0.1) is 0 Å². The van der Waals surface area contributed by atoms with E-state index >= 15 is 0 Å². The van der Waals surface area contributed by atoms with E-state index in [0.717, 1.165) is 45.6 Å². The zero-order valence-electron chi connectivity index (χ0n) is 13.9. The molecule has 0 radical (unpaired) electrons. The summed E-state index contributed by atoms with van der Waals surface area (Å²) >= 11 is 0. The van der Waals surface area contributed by atoms with E-state index in [9.17, 15) is 4.79 Å². The van der Waals surface area contributed by atoms with Crippen LogP contribution >= 0.6 is 0 Å². The zero-order valence-corrected chi connectivity index (χ0v) is 13.9. The fraction of sp³-hybridized carbons (Fsp3) is 0.250. The number of aromatic nitrogens is 1.